The number of halogens is 5. The maximum absolute atomic E-state index is 13.4. The van der Waals surface area contributed by atoms with Crippen LogP contribution in [0.1, 0.15) is 0 Å². The number of fused-ring (bicyclic) bond motifs is 2. The third-order valence-electron chi connectivity index (χ3n) is 5.94. The van der Waals surface area contributed by atoms with Crippen LogP contribution in [0.2, 0.25) is 5.02 Å². The summed E-state index contributed by atoms with van der Waals surface area (Å²) >= 11 is 9.52. The quantitative estimate of drug-likeness (QED) is 0.454. The molecule has 1 aromatic heterocycles. The van der Waals surface area contributed by atoms with Gasteiger partial charge in [0.25, 0.3) is 0 Å². The molecule has 2 fully saturated rings. The van der Waals surface area contributed by atoms with Gasteiger partial charge in [-0.1, -0.05) is 11.6 Å². The van der Waals surface area contributed by atoms with Crippen LogP contribution in [0, 0.1) is 0 Å². The van der Waals surface area contributed by atoms with Crippen LogP contribution in [0.15, 0.2) is 41.1 Å². The van der Waals surface area contributed by atoms with E-state index in [0.29, 0.717) is 33.2 Å². The topological polar surface area (TPSA) is 95.0 Å². The Labute approximate surface area is 210 Å². The zero-order valence-corrected chi connectivity index (χ0v) is 20.3. The minimum Gasteiger partial charge on any atom is -0.493 e. The first-order valence-corrected chi connectivity index (χ1v) is 11.5. The number of nitrogens with zero attached hydrogens (tertiary/aromatic N) is 2. The molecule has 0 amide bonds. The van der Waals surface area contributed by atoms with Gasteiger partial charge >= 0.3 is 6.18 Å². The third kappa shape index (κ3) is 4.27. The van der Waals surface area contributed by atoms with Gasteiger partial charge in [-0.15, -0.1) is 0 Å². The Kier molecular flexibility index (Phi) is 6.20. The van der Waals surface area contributed by atoms with Crippen molar-refractivity contribution in [3.63, 3.8) is 0 Å². The van der Waals surface area contributed by atoms with E-state index in [4.69, 9.17) is 30.5 Å². The summed E-state index contributed by atoms with van der Waals surface area (Å²) in [6.07, 6.45) is -7.13. The Morgan fingerprint density at radius 2 is 2.00 bits per heavy atom. The van der Waals surface area contributed by atoms with Crippen molar-refractivity contribution < 1.29 is 37.2 Å². The first kappa shape index (κ1) is 24.3. The SMILES string of the molecule is COc1cc2c(Nc3ccc(Br)c(Cl)c3)ncnc2cc1O[C@H]1CO[C@H]2[C@H]1OC[C@]2(O)C(F)(F)F. The number of alkyl halides is 3. The average Bonchev–Trinajstić information content (AvgIpc) is 3.37. The molecule has 4 atom stereocenters. The van der Waals surface area contributed by atoms with Crippen molar-refractivity contribution in [1.82, 2.24) is 9.97 Å². The number of ether oxygens (including phenoxy) is 4. The number of nitrogens with one attached hydrogen (secondary N) is 1. The van der Waals surface area contributed by atoms with Crippen molar-refractivity contribution in [1.29, 1.82) is 0 Å². The maximum Gasteiger partial charge on any atom is 0.422 e. The van der Waals surface area contributed by atoms with Gasteiger partial charge in [-0.3, -0.25) is 0 Å². The lowest BCUT2D eigenvalue weighted by molar-refractivity contribution is -0.282. The minimum atomic E-state index is -4.90. The molecular formula is C22H18BrClF3N3O5. The van der Waals surface area contributed by atoms with Gasteiger partial charge in [-0.05, 0) is 40.2 Å². The molecule has 2 aliphatic heterocycles. The van der Waals surface area contributed by atoms with Crippen molar-refractivity contribution in [2.75, 3.05) is 25.6 Å². The number of benzene rings is 2. The molecule has 0 aliphatic carbocycles. The Hall–Kier alpha value is -2.38. The number of anilines is 2. The lowest BCUT2D eigenvalue weighted by Gasteiger charge is -2.28. The molecular weight excluding hydrogens is 559 g/mol. The highest BCUT2D eigenvalue weighted by atomic mass is 79.9. The molecule has 2 saturated heterocycles. The molecule has 0 radical (unpaired) electrons. The highest BCUT2D eigenvalue weighted by Crippen LogP contribution is 2.45. The van der Waals surface area contributed by atoms with Gasteiger partial charge in [-0.2, -0.15) is 13.2 Å². The predicted molar refractivity (Wildman–Crippen MR) is 123 cm³/mol. The summed E-state index contributed by atoms with van der Waals surface area (Å²) in [5.41, 5.74) is -1.90. The van der Waals surface area contributed by atoms with Crippen molar-refractivity contribution in [3.05, 3.63) is 46.2 Å². The molecule has 3 heterocycles. The second kappa shape index (κ2) is 8.93. The summed E-state index contributed by atoms with van der Waals surface area (Å²) in [7, 11) is 1.43. The zero-order chi connectivity index (χ0) is 25.0. The molecule has 5 rings (SSSR count). The highest BCUT2D eigenvalue weighted by Gasteiger charge is 2.69. The monoisotopic (exact) mass is 575 g/mol. The van der Waals surface area contributed by atoms with E-state index in [-0.39, 0.29) is 12.4 Å². The van der Waals surface area contributed by atoms with Gasteiger partial charge < -0.3 is 29.4 Å². The lowest BCUT2D eigenvalue weighted by atomic mass is 9.95. The molecule has 0 saturated carbocycles. The molecule has 0 bridgehead atoms. The van der Waals surface area contributed by atoms with Gasteiger partial charge in [0.1, 0.15) is 24.4 Å². The van der Waals surface area contributed by atoms with Crippen molar-refractivity contribution >= 4 is 49.9 Å². The van der Waals surface area contributed by atoms with Gasteiger partial charge in [0, 0.05) is 21.6 Å². The second-order valence-corrected chi connectivity index (χ2v) is 9.37. The minimum absolute atomic E-state index is 0.199. The van der Waals surface area contributed by atoms with Crippen LogP contribution in [-0.4, -0.2) is 65.5 Å². The van der Waals surface area contributed by atoms with E-state index < -0.39 is 36.7 Å². The van der Waals surface area contributed by atoms with Gasteiger partial charge in [-0.25, -0.2) is 9.97 Å². The van der Waals surface area contributed by atoms with E-state index in [1.807, 2.05) is 6.07 Å². The van der Waals surface area contributed by atoms with Crippen LogP contribution in [-0.2, 0) is 9.47 Å². The van der Waals surface area contributed by atoms with Crippen LogP contribution in [0.5, 0.6) is 11.5 Å². The number of aliphatic hydroxyl groups is 1. The van der Waals surface area contributed by atoms with E-state index in [1.165, 1.54) is 13.4 Å². The van der Waals surface area contributed by atoms with Crippen LogP contribution < -0.4 is 14.8 Å². The summed E-state index contributed by atoms with van der Waals surface area (Å²) in [5.74, 6) is 1.02. The van der Waals surface area contributed by atoms with E-state index in [1.54, 1.807) is 24.3 Å². The Morgan fingerprint density at radius 1 is 1.20 bits per heavy atom. The van der Waals surface area contributed by atoms with E-state index in [2.05, 4.69) is 31.2 Å². The molecule has 2 N–H and O–H groups in total. The van der Waals surface area contributed by atoms with E-state index in [0.717, 1.165) is 4.47 Å². The van der Waals surface area contributed by atoms with E-state index >= 15 is 0 Å². The first-order chi connectivity index (χ1) is 16.6. The summed E-state index contributed by atoms with van der Waals surface area (Å²) in [5, 5.41) is 14.4. The smallest absolute Gasteiger partial charge is 0.422 e. The van der Waals surface area contributed by atoms with E-state index in [9.17, 15) is 18.3 Å². The molecule has 13 heteroatoms. The average molecular weight is 577 g/mol. The fraction of sp³-hybridized carbons (Fsp3) is 0.364. The van der Waals surface area contributed by atoms with Crippen LogP contribution >= 0.6 is 27.5 Å². The number of hydrogen-bond donors (Lipinski definition) is 2. The van der Waals surface area contributed by atoms with Gasteiger partial charge in [0.05, 0.1) is 30.9 Å². The summed E-state index contributed by atoms with van der Waals surface area (Å²) in [4.78, 5) is 8.57. The van der Waals surface area contributed by atoms with Crippen LogP contribution in [0.25, 0.3) is 10.9 Å². The molecule has 3 aromatic rings. The molecule has 186 valence electrons. The fourth-order valence-electron chi connectivity index (χ4n) is 4.13. The summed E-state index contributed by atoms with van der Waals surface area (Å²) in [6.45, 7) is -1.13. The molecule has 2 aromatic carbocycles. The largest absolute Gasteiger partial charge is 0.493 e. The Balaban J connectivity index is 1.42. The first-order valence-electron chi connectivity index (χ1n) is 10.3. The second-order valence-electron chi connectivity index (χ2n) is 8.10. The van der Waals surface area contributed by atoms with Crippen LogP contribution in [0.4, 0.5) is 24.7 Å². The number of aromatic nitrogens is 2. The molecule has 8 nitrogen and oxygen atoms in total. The lowest BCUT2D eigenvalue weighted by Crippen LogP contribution is -2.55. The maximum atomic E-state index is 13.4. The molecule has 0 unspecified atom stereocenters. The number of methoxy groups -OCH3 is 1. The fourth-order valence-corrected chi connectivity index (χ4v) is 4.55. The third-order valence-corrected chi connectivity index (χ3v) is 7.18. The zero-order valence-electron chi connectivity index (χ0n) is 18.0. The molecule has 0 spiro atoms. The predicted octanol–water partition coefficient (Wildman–Crippen LogP) is 4.64. The highest BCUT2D eigenvalue weighted by molar-refractivity contribution is 9.10. The summed E-state index contributed by atoms with van der Waals surface area (Å²) in [6, 6.07) is 8.59. The summed E-state index contributed by atoms with van der Waals surface area (Å²) < 4.78 is 62.8. The Morgan fingerprint density at radius 3 is 2.71 bits per heavy atom. The standard InChI is InChI=1S/C22H18BrClF3N3O5/c1-32-15-5-11-14(28-9-29-20(11)30-10-2-3-12(23)13(24)4-10)6-16(15)35-17-7-33-19-18(17)34-8-21(19,31)22(25,26)27/h2-6,9,17-19,31H,7-8H2,1H3,(H,28,29,30)/t17-,18-,19-,21+/m0/s1. The van der Waals surface area contributed by atoms with Crippen LogP contribution in [0.3, 0.4) is 0 Å². The van der Waals surface area contributed by atoms with Crippen molar-refractivity contribution in [2.24, 2.45) is 0 Å². The van der Waals surface area contributed by atoms with Gasteiger partial charge in [0.2, 0.25) is 5.60 Å². The van der Waals surface area contributed by atoms with Gasteiger partial charge in [0.15, 0.2) is 17.6 Å². The van der Waals surface area contributed by atoms with Crippen molar-refractivity contribution in [2.45, 2.75) is 30.1 Å². The van der Waals surface area contributed by atoms with Crippen molar-refractivity contribution in [3.8, 4) is 11.5 Å². The Bertz CT molecular complexity index is 1280. The normalized spacial score (nSPS) is 26.1. The molecule has 2 aliphatic rings. The molecule has 35 heavy (non-hydrogen) atoms. The number of rotatable bonds is 5. The number of hydrogen-bond acceptors (Lipinski definition) is 8.